The van der Waals surface area contributed by atoms with Crippen molar-refractivity contribution in [1.29, 1.82) is 0 Å². The summed E-state index contributed by atoms with van der Waals surface area (Å²) < 4.78 is 1.87. The lowest BCUT2D eigenvalue weighted by atomic mass is 9.97. The quantitative estimate of drug-likeness (QED) is 0.919. The maximum atomic E-state index is 4.26. The minimum atomic E-state index is 0.469. The van der Waals surface area contributed by atoms with Gasteiger partial charge in [0.1, 0.15) is 0 Å². The number of hydrogen-bond acceptors (Lipinski definition) is 3. The van der Waals surface area contributed by atoms with Gasteiger partial charge in [-0.1, -0.05) is 6.42 Å². The van der Waals surface area contributed by atoms with E-state index in [1.54, 1.807) is 0 Å². The van der Waals surface area contributed by atoms with Crippen LogP contribution in [0.2, 0.25) is 0 Å². The lowest BCUT2D eigenvalue weighted by Gasteiger charge is -2.35. The van der Waals surface area contributed by atoms with Crippen LogP contribution in [-0.2, 0) is 13.6 Å². The molecule has 0 bridgehead atoms. The maximum Gasteiger partial charge on any atom is 0.0553 e. The van der Waals surface area contributed by atoms with E-state index in [0.717, 1.165) is 13.1 Å². The van der Waals surface area contributed by atoms with Gasteiger partial charge in [0.2, 0.25) is 0 Å². The zero-order valence-electron chi connectivity index (χ0n) is 11.6. The van der Waals surface area contributed by atoms with Gasteiger partial charge in [0.15, 0.2) is 0 Å². The van der Waals surface area contributed by atoms with Crippen molar-refractivity contribution in [1.82, 2.24) is 24.9 Å². The molecule has 3 rings (SSSR count). The fraction of sp³-hybridized carbons (Fsp3) is 0.571. The molecule has 1 atom stereocenters. The number of nitrogens with zero attached hydrogens (tertiary/aromatic N) is 4. The summed E-state index contributed by atoms with van der Waals surface area (Å²) in [7, 11) is 1.97. The van der Waals surface area contributed by atoms with E-state index in [2.05, 4.69) is 33.3 Å². The molecule has 2 aromatic rings. The number of likely N-dealkylation sites (tertiary alicyclic amines) is 1. The first kappa shape index (κ1) is 12.4. The zero-order valence-corrected chi connectivity index (χ0v) is 11.6. The Balaban J connectivity index is 1.79. The summed E-state index contributed by atoms with van der Waals surface area (Å²) >= 11 is 0. The van der Waals surface area contributed by atoms with Gasteiger partial charge in [-0.25, -0.2) is 0 Å². The molecule has 1 aliphatic rings. The first-order valence-electron chi connectivity index (χ1n) is 6.95. The predicted octanol–water partition coefficient (Wildman–Crippen LogP) is 2.18. The molecule has 5 nitrogen and oxygen atoms in total. The number of aromatic nitrogens is 4. The monoisotopic (exact) mass is 259 g/mol. The summed E-state index contributed by atoms with van der Waals surface area (Å²) in [5.74, 6) is 0. The molecule has 0 aliphatic carbocycles. The number of H-pyrrole nitrogens is 1. The highest BCUT2D eigenvalue weighted by Gasteiger charge is 2.26. The van der Waals surface area contributed by atoms with Gasteiger partial charge >= 0.3 is 0 Å². The third kappa shape index (κ3) is 2.56. The van der Waals surface area contributed by atoms with Gasteiger partial charge in [0.05, 0.1) is 24.1 Å². The van der Waals surface area contributed by atoms with Crippen LogP contribution < -0.4 is 0 Å². The first-order valence-corrected chi connectivity index (χ1v) is 6.95. The van der Waals surface area contributed by atoms with Crippen LogP contribution in [0.25, 0.3) is 0 Å². The standard InChI is InChI=1S/C14H21N5/c1-11-7-15-17-14(11)13-5-3-4-6-19(13)10-12-8-16-18(2)9-12/h7-9,13H,3-6,10H2,1-2H3,(H,15,17)/t13-/m1/s1. The Labute approximate surface area is 113 Å². The van der Waals surface area contributed by atoms with Gasteiger partial charge in [-0.3, -0.25) is 14.7 Å². The Morgan fingerprint density at radius 1 is 1.37 bits per heavy atom. The zero-order chi connectivity index (χ0) is 13.2. The summed E-state index contributed by atoms with van der Waals surface area (Å²) in [5, 5.41) is 11.6. The second-order valence-electron chi connectivity index (χ2n) is 5.47. The van der Waals surface area contributed by atoms with Gasteiger partial charge in [-0.15, -0.1) is 0 Å². The molecule has 5 heteroatoms. The molecule has 0 aromatic carbocycles. The van der Waals surface area contributed by atoms with Gasteiger partial charge in [-0.05, 0) is 31.9 Å². The molecule has 0 spiro atoms. The van der Waals surface area contributed by atoms with E-state index in [9.17, 15) is 0 Å². The molecule has 1 aliphatic heterocycles. The number of rotatable bonds is 3. The highest BCUT2D eigenvalue weighted by atomic mass is 15.3. The van der Waals surface area contributed by atoms with E-state index in [4.69, 9.17) is 0 Å². The SMILES string of the molecule is Cc1cn[nH]c1[C@H]1CCCCN1Cc1cnn(C)c1. The van der Waals surface area contributed by atoms with Crippen molar-refractivity contribution in [2.75, 3.05) is 6.54 Å². The maximum absolute atomic E-state index is 4.26. The predicted molar refractivity (Wildman–Crippen MR) is 73.5 cm³/mol. The number of aryl methyl sites for hydroxylation is 2. The van der Waals surface area contributed by atoms with Crippen LogP contribution in [0.1, 0.15) is 42.1 Å². The average Bonchev–Trinajstić information content (AvgIpc) is 2.99. The molecule has 1 saturated heterocycles. The van der Waals surface area contributed by atoms with Crippen LogP contribution in [0.4, 0.5) is 0 Å². The summed E-state index contributed by atoms with van der Waals surface area (Å²) in [5.41, 5.74) is 3.83. The van der Waals surface area contributed by atoms with Crippen molar-refractivity contribution in [2.45, 2.75) is 38.8 Å². The lowest BCUT2D eigenvalue weighted by molar-refractivity contribution is 0.136. The van der Waals surface area contributed by atoms with Crippen molar-refractivity contribution >= 4 is 0 Å². The molecule has 0 unspecified atom stereocenters. The molecular weight excluding hydrogens is 238 g/mol. The van der Waals surface area contributed by atoms with Gasteiger partial charge in [0, 0.05) is 25.4 Å². The van der Waals surface area contributed by atoms with E-state index >= 15 is 0 Å². The van der Waals surface area contributed by atoms with E-state index in [-0.39, 0.29) is 0 Å². The number of piperidine rings is 1. The smallest absolute Gasteiger partial charge is 0.0553 e. The fourth-order valence-electron chi connectivity index (χ4n) is 2.99. The molecule has 19 heavy (non-hydrogen) atoms. The van der Waals surface area contributed by atoms with Gasteiger partial charge in [-0.2, -0.15) is 10.2 Å². The van der Waals surface area contributed by atoms with Crippen LogP contribution in [0.3, 0.4) is 0 Å². The highest BCUT2D eigenvalue weighted by Crippen LogP contribution is 2.32. The molecular formula is C14H21N5. The average molecular weight is 259 g/mol. The first-order chi connectivity index (χ1) is 9.24. The van der Waals surface area contributed by atoms with Crippen molar-refractivity contribution in [3.05, 3.63) is 35.4 Å². The molecule has 1 N–H and O–H groups in total. The second-order valence-corrected chi connectivity index (χ2v) is 5.47. The second kappa shape index (κ2) is 5.17. The minimum Gasteiger partial charge on any atom is -0.290 e. The van der Waals surface area contributed by atoms with E-state index < -0.39 is 0 Å². The Morgan fingerprint density at radius 3 is 2.95 bits per heavy atom. The highest BCUT2D eigenvalue weighted by molar-refractivity contribution is 5.19. The van der Waals surface area contributed by atoms with Crippen LogP contribution in [0, 0.1) is 6.92 Å². The summed E-state index contributed by atoms with van der Waals surface area (Å²) in [6.45, 7) is 4.25. The third-order valence-electron chi connectivity index (χ3n) is 3.96. The Bertz CT molecular complexity index is 542. The molecule has 0 amide bonds. The Kier molecular flexibility index (Phi) is 3.38. The summed E-state index contributed by atoms with van der Waals surface area (Å²) in [6, 6.07) is 0.469. The number of hydrogen-bond donors (Lipinski definition) is 1. The number of aromatic amines is 1. The molecule has 3 heterocycles. The van der Waals surface area contributed by atoms with Crippen molar-refractivity contribution < 1.29 is 0 Å². The minimum absolute atomic E-state index is 0.469. The normalized spacial score (nSPS) is 20.8. The lowest BCUT2D eigenvalue weighted by Crippen LogP contribution is -2.33. The van der Waals surface area contributed by atoms with Crippen LogP contribution >= 0.6 is 0 Å². The van der Waals surface area contributed by atoms with Crippen molar-refractivity contribution in [3.63, 3.8) is 0 Å². The summed E-state index contributed by atoms with van der Waals surface area (Å²) in [6.07, 6.45) is 9.78. The largest absolute Gasteiger partial charge is 0.290 e. The van der Waals surface area contributed by atoms with E-state index in [1.807, 2.05) is 24.1 Å². The molecule has 0 radical (unpaired) electrons. The third-order valence-corrected chi connectivity index (χ3v) is 3.96. The van der Waals surface area contributed by atoms with E-state index in [1.165, 1.54) is 36.1 Å². The van der Waals surface area contributed by atoms with Crippen LogP contribution in [0.5, 0.6) is 0 Å². The molecule has 102 valence electrons. The van der Waals surface area contributed by atoms with Crippen LogP contribution in [0.15, 0.2) is 18.6 Å². The molecule has 0 saturated carbocycles. The Morgan fingerprint density at radius 2 is 2.26 bits per heavy atom. The number of nitrogens with one attached hydrogen (secondary N) is 1. The topological polar surface area (TPSA) is 49.7 Å². The molecule has 2 aromatic heterocycles. The molecule has 1 fully saturated rings. The van der Waals surface area contributed by atoms with Crippen molar-refractivity contribution in [3.8, 4) is 0 Å². The van der Waals surface area contributed by atoms with Gasteiger partial charge in [0.25, 0.3) is 0 Å². The van der Waals surface area contributed by atoms with Gasteiger partial charge < -0.3 is 0 Å². The Hall–Kier alpha value is -1.62. The summed E-state index contributed by atoms with van der Waals surface area (Å²) in [4.78, 5) is 2.54. The fourth-order valence-corrected chi connectivity index (χ4v) is 2.99. The van der Waals surface area contributed by atoms with Crippen molar-refractivity contribution in [2.24, 2.45) is 7.05 Å². The van der Waals surface area contributed by atoms with E-state index in [0.29, 0.717) is 6.04 Å². The van der Waals surface area contributed by atoms with Crippen LogP contribution in [-0.4, -0.2) is 31.4 Å².